The van der Waals surface area contributed by atoms with E-state index in [1.54, 1.807) is 42.5 Å². The van der Waals surface area contributed by atoms with Crippen LogP contribution in [0.3, 0.4) is 0 Å². The third kappa shape index (κ3) is 5.56. The number of ether oxygens (including phenoxy) is 1. The molecule has 178 valence electrons. The summed E-state index contributed by atoms with van der Waals surface area (Å²) in [5.41, 5.74) is 4.54. The topological polar surface area (TPSA) is 70.7 Å². The Labute approximate surface area is 209 Å². The Bertz CT molecular complexity index is 1300. The number of carbonyl (C=O) groups excluding carboxylic acids is 2. The van der Waals surface area contributed by atoms with E-state index in [0.29, 0.717) is 28.6 Å². The molecule has 6 nitrogen and oxygen atoms in total. The number of fused-ring (bicyclic) bond motifs is 2. The Morgan fingerprint density at radius 1 is 1.09 bits per heavy atom. The van der Waals surface area contributed by atoms with Crippen LogP contribution in [0.2, 0.25) is 5.02 Å². The molecular weight excluding hydrogens is 462 g/mol. The molecule has 0 saturated carbocycles. The van der Waals surface area contributed by atoms with Crippen molar-refractivity contribution in [1.82, 2.24) is 10.2 Å². The van der Waals surface area contributed by atoms with Crippen molar-refractivity contribution in [3.05, 3.63) is 99.8 Å². The molecule has 0 atom stereocenters. The van der Waals surface area contributed by atoms with Crippen LogP contribution in [0.15, 0.2) is 72.5 Å². The quantitative estimate of drug-likeness (QED) is 0.383. The molecule has 0 bridgehead atoms. The molecule has 0 radical (unpaired) electrons. The summed E-state index contributed by atoms with van der Waals surface area (Å²) in [6.07, 6.45) is 3.57. The summed E-state index contributed by atoms with van der Waals surface area (Å²) in [4.78, 5) is 27.6. The first-order valence-corrected chi connectivity index (χ1v) is 12.1. The Balaban J connectivity index is 1.14. The molecule has 0 aromatic heterocycles. The SMILES string of the molecule is O=C1Nc2cc(C(=O)NCCCN3CCc4ccccc4C3)ccc2O/C1=C/c1cccc(Cl)c1. The predicted octanol–water partition coefficient (Wildman–Crippen LogP) is 4.89. The Kier molecular flexibility index (Phi) is 6.84. The number of nitrogens with zero attached hydrogens (tertiary/aromatic N) is 1. The van der Waals surface area contributed by atoms with E-state index in [1.807, 2.05) is 6.07 Å². The van der Waals surface area contributed by atoms with E-state index in [1.165, 1.54) is 11.1 Å². The molecule has 0 spiro atoms. The summed E-state index contributed by atoms with van der Waals surface area (Å²) in [5, 5.41) is 6.36. The minimum Gasteiger partial charge on any atom is -0.449 e. The van der Waals surface area contributed by atoms with Gasteiger partial charge >= 0.3 is 0 Å². The maximum absolute atomic E-state index is 12.7. The molecule has 0 aliphatic carbocycles. The van der Waals surface area contributed by atoms with Crippen LogP contribution in [0.25, 0.3) is 6.08 Å². The second-order valence-corrected chi connectivity index (χ2v) is 9.17. The van der Waals surface area contributed by atoms with Gasteiger partial charge in [-0.1, -0.05) is 48.0 Å². The summed E-state index contributed by atoms with van der Waals surface area (Å²) in [6.45, 7) is 3.53. The summed E-state index contributed by atoms with van der Waals surface area (Å²) in [6, 6.07) is 20.8. The molecule has 7 heteroatoms. The van der Waals surface area contributed by atoms with E-state index in [9.17, 15) is 9.59 Å². The van der Waals surface area contributed by atoms with E-state index < -0.39 is 0 Å². The highest BCUT2D eigenvalue weighted by Crippen LogP contribution is 2.32. The summed E-state index contributed by atoms with van der Waals surface area (Å²) in [7, 11) is 0. The standard InChI is InChI=1S/C28H26ClN3O3/c29-23-8-3-5-19(15-23)16-26-28(34)31-24-17-21(9-10-25(24)35-26)27(33)30-12-4-13-32-14-11-20-6-1-2-7-22(20)18-32/h1-3,5-10,15-17H,4,11-14,18H2,(H,30,33)(H,31,34)/b26-16+. The molecule has 2 aliphatic heterocycles. The third-order valence-electron chi connectivity index (χ3n) is 6.23. The van der Waals surface area contributed by atoms with Crippen molar-refractivity contribution in [2.24, 2.45) is 0 Å². The van der Waals surface area contributed by atoms with Gasteiger partial charge in [-0.15, -0.1) is 0 Å². The van der Waals surface area contributed by atoms with E-state index in [2.05, 4.69) is 39.8 Å². The van der Waals surface area contributed by atoms with Crippen molar-refractivity contribution in [2.45, 2.75) is 19.4 Å². The number of halogens is 1. The third-order valence-corrected chi connectivity index (χ3v) is 6.46. The van der Waals surface area contributed by atoms with Crippen LogP contribution in [0.5, 0.6) is 5.75 Å². The highest BCUT2D eigenvalue weighted by atomic mass is 35.5. The first-order chi connectivity index (χ1) is 17.0. The number of hydrogen-bond donors (Lipinski definition) is 2. The lowest BCUT2D eigenvalue weighted by Gasteiger charge is -2.28. The minimum absolute atomic E-state index is 0.164. The molecule has 2 aliphatic rings. The van der Waals surface area contributed by atoms with Crippen LogP contribution in [0, 0.1) is 0 Å². The van der Waals surface area contributed by atoms with E-state index >= 15 is 0 Å². The normalized spacial score (nSPS) is 16.1. The summed E-state index contributed by atoms with van der Waals surface area (Å²) >= 11 is 6.02. The monoisotopic (exact) mass is 487 g/mol. The molecule has 5 rings (SSSR count). The average molecular weight is 488 g/mol. The van der Waals surface area contributed by atoms with Crippen molar-refractivity contribution >= 4 is 35.2 Å². The van der Waals surface area contributed by atoms with Crippen molar-refractivity contribution < 1.29 is 14.3 Å². The predicted molar refractivity (Wildman–Crippen MR) is 138 cm³/mol. The molecule has 3 aromatic carbocycles. The van der Waals surface area contributed by atoms with Crippen molar-refractivity contribution in [3.63, 3.8) is 0 Å². The van der Waals surface area contributed by atoms with Crippen molar-refractivity contribution in [2.75, 3.05) is 25.0 Å². The molecule has 2 amide bonds. The minimum atomic E-state index is -0.377. The van der Waals surface area contributed by atoms with Gasteiger partial charge in [0.25, 0.3) is 11.8 Å². The first kappa shape index (κ1) is 23.1. The molecule has 3 aromatic rings. The lowest BCUT2D eigenvalue weighted by Crippen LogP contribution is -2.33. The van der Waals surface area contributed by atoms with Crippen LogP contribution in [-0.2, 0) is 17.8 Å². The van der Waals surface area contributed by atoms with Gasteiger partial charge in [0.1, 0.15) is 0 Å². The highest BCUT2D eigenvalue weighted by molar-refractivity contribution is 6.30. The number of benzene rings is 3. The van der Waals surface area contributed by atoms with Crippen LogP contribution in [0.1, 0.15) is 33.5 Å². The molecule has 0 fully saturated rings. The highest BCUT2D eigenvalue weighted by Gasteiger charge is 2.23. The molecule has 2 heterocycles. The van der Waals surface area contributed by atoms with Gasteiger partial charge in [-0.25, -0.2) is 0 Å². The van der Waals surface area contributed by atoms with E-state index in [-0.39, 0.29) is 17.6 Å². The molecule has 0 unspecified atom stereocenters. The Morgan fingerprint density at radius 3 is 2.80 bits per heavy atom. The molecule has 0 saturated heterocycles. The van der Waals surface area contributed by atoms with Gasteiger partial charge < -0.3 is 15.4 Å². The van der Waals surface area contributed by atoms with Crippen LogP contribution < -0.4 is 15.4 Å². The van der Waals surface area contributed by atoms with Gasteiger partial charge in [0, 0.05) is 36.8 Å². The smallest absolute Gasteiger partial charge is 0.291 e. The van der Waals surface area contributed by atoms with E-state index in [0.717, 1.165) is 38.0 Å². The van der Waals surface area contributed by atoms with Crippen molar-refractivity contribution in [1.29, 1.82) is 0 Å². The zero-order chi connectivity index (χ0) is 24.2. The van der Waals surface area contributed by atoms with Gasteiger partial charge in [-0.2, -0.15) is 0 Å². The molecular formula is C28H26ClN3O3. The van der Waals surface area contributed by atoms with Gasteiger partial charge in [0.15, 0.2) is 11.5 Å². The fraction of sp³-hybridized carbons (Fsp3) is 0.214. The molecule has 35 heavy (non-hydrogen) atoms. The number of nitrogens with one attached hydrogen (secondary N) is 2. The maximum Gasteiger partial charge on any atom is 0.291 e. The average Bonchev–Trinajstić information content (AvgIpc) is 2.86. The Hall–Kier alpha value is -3.61. The summed E-state index contributed by atoms with van der Waals surface area (Å²) in [5.74, 6) is 0.0987. The number of carbonyl (C=O) groups is 2. The molecule has 2 N–H and O–H groups in total. The van der Waals surface area contributed by atoms with E-state index in [4.69, 9.17) is 16.3 Å². The number of hydrogen-bond acceptors (Lipinski definition) is 4. The van der Waals surface area contributed by atoms with Gasteiger partial charge in [0.05, 0.1) is 5.69 Å². The van der Waals surface area contributed by atoms with Crippen LogP contribution in [0.4, 0.5) is 5.69 Å². The van der Waals surface area contributed by atoms with Gasteiger partial charge in [-0.05, 0) is 65.9 Å². The van der Waals surface area contributed by atoms with Gasteiger partial charge in [0.2, 0.25) is 0 Å². The van der Waals surface area contributed by atoms with Crippen molar-refractivity contribution in [3.8, 4) is 5.75 Å². The number of anilines is 1. The first-order valence-electron chi connectivity index (χ1n) is 11.7. The van der Waals surface area contributed by atoms with Crippen LogP contribution >= 0.6 is 11.6 Å². The lowest BCUT2D eigenvalue weighted by atomic mass is 10.00. The zero-order valence-corrected chi connectivity index (χ0v) is 20.0. The van der Waals surface area contributed by atoms with Gasteiger partial charge in [-0.3, -0.25) is 14.5 Å². The van der Waals surface area contributed by atoms with Crippen LogP contribution in [-0.4, -0.2) is 36.3 Å². The fourth-order valence-corrected chi connectivity index (χ4v) is 4.60. The number of rotatable bonds is 6. The second-order valence-electron chi connectivity index (χ2n) is 8.74. The summed E-state index contributed by atoms with van der Waals surface area (Å²) < 4.78 is 5.78. The largest absolute Gasteiger partial charge is 0.449 e. The second kappa shape index (κ2) is 10.3. The number of amides is 2. The Morgan fingerprint density at radius 2 is 1.94 bits per heavy atom. The lowest BCUT2D eigenvalue weighted by molar-refractivity contribution is -0.115. The maximum atomic E-state index is 12.7. The fourth-order valence-electron chi connectivity index (χ4n) is 4.40. The zero-order valence-electron chi connectivity index (χ0n) is 19.2.